The van der Waals surface area contributed by atoms with Gasteiger partial charge in [-0.15, -0.1) is 0 Å². The van der Waals surface area contributed by atoms with Crippen LogP contribution in [0.3, 0.4) is 0 Å². The Morgan fingerprint density at radius 2 is 2.24 bits per heavy atom. The van der Waals surface area contributed by atoms with E-state index in [2.05, 4.69) is 25.8 Å². The fraction of sp³-hybridized carbons (Fsp3) is 0.526. The average molecular weight is 344 g/mol. The van der Waals surface area contributed by atoms with Gasteiger partial charge in [-0.2, -0.15) is 0 Å². The first-order valence-corrected chi connectivity index (χ1v) is 8.97. The zero-order valence-corrected chi connectivity index (χ0v) is 14.8. The van der Waals surface area contributed by atoms with Gasteiger partial charge in [0, 0.05) is 50.2 Å². The number of aliphatic hydroxyl groups excluding tert-OH is 1. The van der Waals surface area contributed by atoms with Crippen LogP contribution < -0.4 is 10.1 Å². The van der Waals surface area contributed by atoms with Gasteiger partial charge in [-0.25, -0.2) is 4.98 Å². The molecule has 0 saturated carbocycles. The van der Waals surface area contributed by atoms with Gasteiger partial charge in [0.15, 0.2) is 0 Å². The summed E-state index contributed by atoms with van der Waals surface area (Å²) >= 11 is 0. The lowest BCUT2D eigenvalue weighted by atomic mass is 10.0. The third-order valence-electron chi connectivity index (χ3n) is 4.81. The zero-order valence-electron chi connectivity index (χ0n) is 14.8. The molecule has 25 heavy (non-hydrogen) atoms. The van der Waals surface area contributed by atoms with E-state index in [-0.39, 0.29) is 12.1 Å². The second-order valence-corrected chi connectivity index (χ2v) is 6.62. The summed E-state index contributed by atoms with van der Waals surface area (Å²) in [4.78, 5) is 6.34. The molecule has 3 rings (SSSR count). The van der Waals surface area contributed by atoms with Crippen molar-refractivity contribution in [1.29, 1.82) is 0 Å². The molecule has 0 bridgehead atoms. The SMILES string of the molecule is COc1ccccc1CN1CC[C@@H](NCCCn2ccnc2)[C@H](O)C1. The number of rotatable bonds is 8. The Morgan fingerprint density at radius 3 is 3.00 bits per heavy atom. The minimum absolute atomic E-state index is 0.178. The van der Waals surface area contributed by atoms with E-state index < -0.39 is 0 Å². The molecule has 0 unspecified atom stereocenters. The molecule has 2 aromatic rings. The number of likely N-dealkylation sites (tertiary alicyclic amines) is 1. The number of para-hydroxylation sites is 1. The summed E-state index contributed by atoms with van der Waals surface area (Å²) in [5.74, 6) is 0.914. The van der Waals surface area contributed by atoms with E-state index in [9.17, 15) is 5.11 Å². The molecular weight excluding hydrogens is 316 g/mol. The van der Waals surface area contributed by atoms with Crippen molar-refractivity contribution in [1.82, 2.24) is 19.8 Å². The van der Waals surface area contributed by atoms with Crippen LogP contribution in [0.25, 0.3) is 0 Å². The number of β-amino-alcohol motifs (C(OH)–C–C–N with tert-alkyl or cyclic N) is 1. The number of aromatic nitrogens is 2. The van der Waals surface area contributed by atoms with E-state index in [1.165, 1.54) is 5.56 Å². The Bertz CT molecular complexity index is 632. The molecular formula is C19H28N4O2. The molecule has 1 saturated heterocycles. The summed E-state index contributed by atoms with van der Waals surface area (Å²) in [5, 5.41) is 14.0. The van der Waals surface area contributed by atoms with Crippen molar-refractivity contribution in [3.05, 3.63) is 48.5 Å². The van der Waals surface area contributed by atoms with Crippen LogP contribution in [0.15, 0.2) is 43.0 Å². The number of ether oxygens (including phenoxy) is 1. The Kier molecular flexibility index (Phi) is 6.44. The lowest BCUT2D eigenvalue weighted by Crippen LogP contribution is -2.52. The van der Waals surface area contributed by atoms with Crippen LogP contribution in [0, 0.1) is 0 Å². The maximum absolute atomic E-state index is 10.5. The lowest BCUT2D eigenvalue weighted by molar-refractivity contribution is 0.0367. The molecule has 1 aliphatic rings. The summed E-state index contributed by atoms with van der Waals surface area (Å²) in [6.45, 7) is 4.35. The molecule has 0 amide bonds. The van der Waals surface area contributed by atoms with Gasteiger partial charge in [0.2, 0.25) is 0 Å². The number of nitrogens with zero attached hydrogens (tertiary/aromatic N) is 3. The highest BCUT2D eigenvalue weighted by molar-refractivity contribution is 5.33. The molecule has 1 fully saturated rings. The fourth-order valence-corrected chi connectivity index (χ4v) is 3.42. The first kappa shape index (κ1) is 17.9. The standard InChI is InChI=1S/C19H28N4O2/c1-25-19-6-3-2-5-16(19)13-23-11-7-17(18(24)14-23)21-8-4-10-22-12-9-20-15-22/h2-3,5-6,9,12,15,17-18,21,24H,4,7-8,10-11,13-14H2,1H3/t17-,18-/m1/s1. The Morgan fingerprint density at radius 1 is 1.36 bits per heavy atom. The highest BCUT2D eigenvalue weighted by atomic mass is 16.5. The fourth-order valence-electron chi connectivity index (χ4n) is 3.42. The molecule has 0 aliphatic carbocycles. The first-order valence-electron chi connectivity index (χ1n) is 8.97. The van der Waals surface area contributed by atoms with Gasteiger partial charge < -0.3 is 19.7 Å². The van der Waals surface area contributed by atoms with Crippen LogP contribution in [0.4, 0.5) is 0 Å². The summed E-state index contributed by atoms with van der Waals surface area (Å²) < 4.78 is 7.50. The average Bonchev–Trinajstić information content (AvgIpc) is 3.14. The molecule has 2 atom stereocenters. The summed E-state index contributed by atoms with van der Waals surface area (Å²) in [6.07, 6.45) is 7.27. The molecule has 0 radical (unpaired) electrons. The normalized spacial score (nSPS) is 21.4. The zero-order chi connectivity index (χ0) is 17.5. The number of benzene rings is 1. The van der Waals surface area contributed by atoms with Crippen molar-refractivity contribution in [2.75, 3.05) is 26.7 Å². The molecule has 136 valence electrons. The third kappa shape index (κ3) is 5.04. The summed E-state index contributed by atoms with van der Waals surface area (Å²) in [5.41, 5.74) is 1.17. The highest BCUT2D eigenvalue weighted by Crippen LogP contribution is 2.21. The smallest absolute Gasteiger partial charge is 0.123 e. The van der Waals surface area contributed by atoms with Crippen molar-refractivity contribution in [3.63, 3.8) is 0 Å². The van der Waals surface area contributed by atoms with Gasteiger partial charge in [0.1, 0.15) is 5.75 Å². The van der Waals surface area contributed by atoms with Crippen LogP contribution in [-0.2, 0) is 13.1 Å². The summed E-state index contributed by atoms with van der Waals surface area (Å²) in [7, 11) is 1.70. The molecule has 1 aromatic heterocycles. The number of nitrogens with one attached hydrogen (secondary N) is 1. The number of methoxy groups -OCH3 is 1. The topological polar surface area (TPSA) is 62.5 Å². The van der Waals surface area contributed by atoms with E-state index in [4.69, 9.17) is 4.74 Å². The monoisotopic (exact) mass is 344 g/mol. The predicted octanol–water partition coefficient (Wildman–Crippen LogP) is 1.51. The maximum atomic E-state index is 10.5. The van der Waals surface area contributed by atoms with Crippen LogP contribution in [0.1, 0.15) is 18.4 Å². The molecule has 1 aromatic carbocycles. The van der Waals surface area contributed by atoms with Gasteiger partial charge >= 0.3 is 0 Å². The van der Waals surface area contributed by atoms with Gasteiger partial charge in [0.05, 0.1) is 19.5 Å². The molecule has 1 aliphatic heterocycles. The minimum atomic E-state index is -0.336. The van der Waals surface area contributed by atoms with Crippen LogP contribution in [-0.4, -0.2) is 58.4 Å². The van der Waals surface area contributed by atoms with Crippen molar-refractivity contribution >= 4 is 0 Å². The Hall–Kier alpha value is -1.89. The second kappa shape index (κ2) is 8.99. The number of hydrogen-bond donors (Lipinski definition) is 2. The van der Waals surface area contributed by atoms with Gasteiger partial charge in [-0.3, -0.25) is 4.90 Å². The maximum Gasteiger partial charge on any atom is 0.123 e. The Labute approximate surface area is 149 Å². The van der Waals surface area contributed by atoms with Crippen molar-refractivity contribution < 1.29 is 9.84 Å². The Balaban J connectivity index is 1.41. The van der Waals surface area contributed by atoms with Crippen LogP contribution in [0.2, 0.25) is 0 Å². The van der Waals surface area contributed by atoms with E-state index >= 15 is 0 Å². The third-order valence-corrected chi connectivity index (χ3v) is 4.81. The minimum Gasteiger partial charge on any atom is -0.496 e. The number of hydrogen-bond acceptors (Lipinski definition) is 5. The molecule has 2 heterocycles. The predicted molar refractivity (Wildman–Crippen MR) is 97.5 cm³/mol. The van der Waals surface area contributed by atoms with Gasteiger partial charge in [-0.05, 0) is 25.5 Å². The second-order valence-electron chi connectivity index (χ2n) is 6.62. The van der Waals surface area contributed by atoms with E-state index in [0.717, 1.165) is 44.8 Å². The van der Waals surface area contributed by atoms with E-state index in [1.54, 1.807) is 13.3 Å². The number of aryl methyl sites for hydroxylation is 1. The number of imidazole rings is 1. The lowest BCUT2D eigenvalue weighted by Gasteiger charge is -2.36. The molecule has 6 heteroatoms. The summed E-state index contributed by atoms with van der Waals surface area (Å²) in [6, 6.07) is 8.27. The number of aliphatic hydroxyl groups is 1. The van der Waals surface area contributed by atoms with Gasteiger partial charge in [-0.1, -0.05) is 18.2 Å². The van der Waals surface area contributed by atoms with Crippen molar-refractivity contribution in [2.45, 2.75) is 38.1 Å². The van der Waals surface area contributed by atoms with Crippen LogP contribution in [0.5, 0.6) is 5.75 Å². The molecule has 2 N–H and O–H groups in total. The van der Waals surface area contributed by atoms with Gasteiger partial charge in [0.25, 0.3) is 0 Å². The quantitative estimate of drug-likeness (QED) is 0.711. The number of piperidine rings is 1. The van der Waals surface area contributed by atoms with E-state index in [1.807, 2.05) is 30.7 Å². The van der Waals surface area contributed by atoms with Crippen molar-refractivity contribution in [2.24, 2.45) is 0 Å². The van der Waals surface area contributed by atoms with E-state index in [0.29, 0.717) is 6.54 Å². The molecule has 6 nitrogen and oxygen atoms in total. The van der Waals surface area contributed by atoms with Crippen molar-refractivity contribution in [3.8, 4) is 5.75 Å². The largest absolute Gasteiger partial charge is 0.496 e. The van der Waals surface area contributed by atoms with Crippen LogP contribution >= 0.6 is 0 Å². The molecule has 0 spiro atoms. The highest BCUT2D eigenvalue weighted by Gasteiger charge is 2.27. The first-order chi connectivity index (χ1) is 12.3.